The van der Waals surface area contributed by atoms with Gasteiger partial charge in [-0.1, -0.05) is 109 Å². The highest BCUT2D eigenvalue weighted by atomic mass is 16.6. The van der Waals surface area contributed by atoms with Crippen LogP contribution in [0.4, 0.5) is 0 Å². The molecule has 0 radical (unpaired) electrons. The average molecular weight is 380 g/mol. The number of carbonyl (C=O) groups is 1. The second-order valence-corrected chi connectivity index (χ2v) is 8.38. The van der Waals surface area contributed by atoms with Gasteiger partial charge in [0.15, 0.2) is 5.78 Å². The van der Waals surface area contributed by atoms with Gasteiger partial charge in [-0.15, -0.1) is 0 Å². The molecule has 1 atom stereocenters. The lowest BCUT2D eigenvalue weighted by molar-refractivity contribution is -0.113. The summed E-state index contributed by atoms with van der Waals surface area (Å²) in [5, 5.41) is 4.08. The summed E-state index contributed by atoms with van der Waals surface area (Å²) >= 11 is 0. The van der Waals surface area contributed by atoms with Gasteiger partial charge in [-0.05, 0) is 19.3 Å². The monoisotopic (exact) mass is 379 g/mol. The zero-order valence-electron chi connectivity index (χ0n) is 18.3. The molecule has 0 N–H and O–H groups in total. The van der Waals surface area contributed by atoms with Gasteiger partial charge in [0.05, 0.1) is 0 Å². The van der Waals surface area contributed by atoms with E-state index in [-0.39, 0.29) is 11.9 Å². The quantitative estimate of drug-likeness (QED) is 0.215. The van der Waals surface area contributed by atoms with E-state index < -0.39 is 0 Å². The van der Waals surface area contributed by atoms with Crippen LogP contribution in [0.2, 0.25) is 0 Å². The first kappa shape index (κ1) is 24.2. The van der Waals surface area contributed by atoms with E-state index in [1.165, 1.54) is 96.3 Å². The maximum atomic E-state index is 12.3. The largest absolute Gasteiger partial charge is 0.392 e. The molecule has 0 spiro atoms. The van der Waals surface area contributed by atoms with Crippen molar-refractivity contribution in [2.75, 3.05) is 0 Å². The van der Waals surface area contributed by atoms with Crippen LogP contribution in [0.25, 0.3) is 0 Å². The Labute approximate surface area is 168 Å². The predicted molar refractivity (Wildman–Crippen MR) is 116 cm³/mol. The first-order valence-electron chi connectivity index (χ1n) is 12.0. The third kappa shape index (κ3) is 13.0. The molecule has 0 bridgehead atoms. The van der Waals surface area contributed by atoms with Crippen molar-refractivity contribution in [1.29, 1.82) is 0 Å². The number of hydrogen-bond donors (Lipinski definition) is 0. The van der Waals surface area contributed by atoms with Gasteiger partial charge in [0.25, 0.3) is 0 Å². The van der Waals surface area contributed by atoms with Gasteiger partial charge in [0.1, 0.15) is 11.8 Å². The van der Waals surface area contributed by atoms with E-state index in [9.17, 15) is 4.79 Å². The second-order valence-electron chi connectivity index (χ2n) is 8.38. The lowest BCUT2D eigenvalue weighted by Crippen LogP contribution is -2.15. The SMILES string of the molecule is CCCCCCCCCCCCC(=O)C1=NOC(CCCCCCCC)C1. The van der Waals surface area contributed by atoms with Crippen LogP contribution in [0.5, 0.6) is 0 Å². The van der Waals surface area contributed by atoms with Gasteiger partial charge in [-0.25, -0.2) is 0 Å². The van der Waals surface area contributed by atoms with Crippen LogP contribution in [0, 0.1) is 0 Å². The Morgan fingerprint density at radius 3 is 1.81 bits per heavy atom. The fourth-order valence-corrected chi connectivity index (χ4v) is 3.82. The van der Waals surface area contributed by atoms with Crippen LogP contribution >= 0.6 is 0 Å². The van der Waals surface area contributed by atoms with Crippen molar-refractivity contribution in [3.8, 4) is 0 Å². The molecule has 0 amide bonds. The summed E-state index contributed by atoms with van der Waals surface area (Å²) in [6, 6.07) is 0. The fraction of sp³-hybridized carbons (Fsp3) is 0.917. The molecule has 3 heteroatoms. The minimum Gasteiger partial charge on any atom is -0.392 e. The lowest BCUT2D eigenvalue weighted by atomic mass is 10.00. The van der Waals surface area contributed by atoms with Crippen LogP contribution < -0.4 is 0 Å². The minimum atomic E-state index is 0.155. The molecule has 0 aromatic carbocycles. The third-order valence-electron chi connectivity index (χ3n) is 5.69. The zero-order valence-corrected chi connectivity index (χ0v) is 18.3. The average Bonchev–Trinajstić information content (AvgIpc) is 3.15. The van der Waals surface area contributed by atoms with Crippen LogP contribution in [-0.2, 0) is 9.63 Å². The standard InChI is InChI=1S/C24H45NO2/c1-3-5-7-9-11-12-13-14-16-18-20-24(26)23-21-22(27-25-23)19-17-15-10-8-6-4-2/h22H,3-21H2,1-2H3. The molecule has 0 saturated carbocycles. The molecule has 1 heterocycles. The normalized spacial score (nSPS) is 16.4. The topological polar surface area (TPSA) is 38.7 Å². The Balaban J connectivity index is 1.92. The summed E-state index contributed by atoms with van der Waals surface area (Å²) in [5.74, 6) is 0.222. The van der Waals surface area contributed by atoms with E-state index in [4.69, 9.17) is 4.84 Å². The summed E-state index contributed by atoms with van der Waals surface area (Å²) in [4.78, 5) is 17.7. The number of hydrogen-bond acceptors (Lipinski definition) is 3. The summed E-state index contributed by atoms with van der Waals surface area (Å²) < 4.78 is 0. The van der Waals surface area contributed by atoms with Crippen LogP contribution in [-0.4, -0.2) is 17.6 Å². The molecular formula is C24H45NO2. The van der Waals surface area contributed by atoms with Crippen molar-refractivity contribution >= 4 is 11.5 Å². The number of carbonyl (C=O) groups excluding carboxylic acids is 1. The number of rotatable bonds is 19. The first-order chi connectivity index (χ1) is 13.3. The second kappa shape index (κ2) is 17.3. The van der Waals surface area contributed by atoms with Crippen molar-refractivity contribution in [2.24, 2.45) is 5.16 Å². The number of nitrogens with zero attached hydrogens (tertiary/aromatic N) is 1. The Morgan fingerprint density at radius 2 is 1.26 bits per heavy atom. The molecule has 27 heavy (non-hydrogen) atoms. The highest BCUT2D eigenvalue weighted by Gasteiger charge is 2.24. The molecule has 1 unspecified atom stereocenters. The van der Waals surface area contributed by atoms with Crippen molar-refractivity contribution < 1.29 is 9.63 Å². The predicted octanol–water partition coefficient (Wildman–Crippen LogP) is 7.76. The fourth-order valence-electron chi connectivity index (χ4n) is 3.82. The smallest absolute Gasteiger partial charge is 0.180 e. The number of ketones is 1. The molecule has 1 aliphatic rings. The summed E-state index contributed by atoms with van der Waals surface area (Å²) in [6.45, 7) is 4.51. The molecule has 1 rings (SSSR count). The molecule has 3 nitrogen and oxygen atoms in total. The van der Waals surface area contributed by atoms with Gasteiger partial charge in [0.2, 0.25) is 0 Å². The summed E-state index contributed by atoms with van der Waals surface area (Å²) in [7, 11) is 0. The first-order valence-corrected chi connectivity index (χ1v) is 12.0. The van der Waals surface area contributed by atoms with E-state index >= 15 is 0 Å². The highest BCUT2D eigenvalue weighted by molar-refractivity contribution is 6.40. The molecule has 1 aliphatic heterocycles. The Bertz CT molecular complexity index is 392. The van der Waals surface area contributed by atoms with E-state index in [0.717, 1.165) is 19.3 Å². The van der Waals surface area contributed by atoms with Crippen LogP contribution in [0.1, 0.15) is 136 Å². The van der Waals surface area contributed by atoms with Gasteiger partial charge in [0, 0.05) is 12.8 Å². The maximum absolute atomic E-state index is 12.3. The van der Waals surface area contributed by atoms with Gasteiger partial charge in [-0.2, -0.15) is 0 Å². The summed E-state index contributed by atoms with van der Waals surface area (Å²) in [6.07, 6.45) is 23.4. The van der Waals surface area contributed by atoms with Crippen molar-refractivity contribution in [3.63, 3.8) is 0 Å². The van der Waals surface area contributed by atoms with Gasteiger partial charge < -0.3 is 4.84 Å². The van der Waals surface area contributed by atoms with Crippen molar-refractivity contribution in [1.82, 2.24) is 0 Å². The number of oxime groups is 1. The minimum absolute atomic E-state index is 0.155. The molecule has 0 aliphatic carbocycles. The van der Waals surface area contributed by atoms with E-state index in [1.807, 2.05) is 0 Å². The number of Topliss-reactive ketones (excluding diaryl/α,β-unsaturated/α-hetero) is 1. The van der Waals surface area contributed by atoms with E-state index in [2.05, 4.69) is 19.0 Å². The van der Waals surface area contributed by atoms with Crippen LogP contribution in [0.3, 0.4) is 0 Å². The summed E-state index contributed by atoms with van der Waals surface area (Å²) in [5.41, 5.74) is 0.696. The van der Waals surface area contributed by atoms with Crippen molar-refractivity contribution in [2.45, 2.75) is 142 Å². The lowest BCUT2D eigenvalue weighted by Gasteiger charge is -2.07. The molecule has 0 saturated heterocycles. The van der Waals surface area contributed by atoms with E-state index in [0.29, 0.717) is 12.1 Å². The highest BCUT2D eigenvalue weighted by Crippen LogP contribution is 2.20. The molecular weight excluding hydrogens is 334 g/mol. The Kier molecular flexibility index (Phi) is 15.4. The molecule has 0 aromatic heterocycles. The third-order valence-corrected chi connectivity index (χ3v) is 5.69. The van der Waals surface area contributed by atoms with Gasteiger partial charge in [-0.3, -0.25) is 4.79 Å². The number of unbranched alkanes of at least 4 members (excludes halogenated alkanes) is 14. The van der Waals surface area contributed by atoms with Gasteiger partial charge >= 0.3 is 0 Å². The Hall–Kier alpha value is -0.860. The molecule has 158 valence electrons. The maximum Gasteiger partial charge on any atom is 0.180 e. The zero-order chi connectivity index (χ0) is 19.6. The van der Waals surface area contributed by atoms with Crippen molar-refractivity contribution in [3.05, 3.63) is 0 Å². The molecule has 0 fully saturated rings. The van der Waals surface area contributed by atoms with Crippen LogP contribution in [0.15, 0.2) is 5.16 Å². The molecule has 0 aromatic rings. The Morgan fingerprint density at radius 1 is 0.778 bits per heavy atom. The van der Waals surface area contributed by atoms with E-state index in [1.54, 1.807) is 0 Å².